The molecule has 2 aliphatic rings. The van der Waals surface area contributed by atoms with Crippen molar-refractivity contribution in [2.24, 2.45) is 11.8 Å². The van der Waals surface area contributed by atoms with Crippen molar-refractivity contribution < 1.29 is 4.79 Å². The van der Waals surface area contributed by atoms with E-state index in [0.717, 1.165) is 31.7 Å². The van der Waals surface area contributed by atoms with Crippen LogP contribution in [-0.4, -0.2) is 18.4 Å². The first-order valence-electron chi connectivity index (χ1n) is 8.59. The fourth-order valence-corrected chi connectivity index (χ4v) is 4.18. The molecule has 0 radical (unpaired) electrons. The minimum atomic E-state index is 0.235. The zero-order valence-corrected chi connectivity index (χ0v) is 13.1. The van der Waals surface area contributed by atoms with Crippen LogP contribution in [0.3, 0.4) is 0 Å². The predicted molar refractivity (Wildman–Crippen MR) is 86.3 cm³/mol. The zero-order chi connectivity index (χ0) is 14.7. The van der Waals surface area contributed by atoms with Gasteiger partial charge in [0, 0.05) is 18.4 Å². The number of ketones is 1. The van der Waals surface area contributed by atoms with Gasteiger partial charge in [-0.15, -0.1) is 0 Å². The number of nitrogens with one attached hydrogen (secondary N) is 1. The molecule has 2 fully saturated rings. The molecular formula is C19H27NO. The van der Waals surface area contributed by atoms with E-state index in [1.165, 1.54) is 24.8 Å². The van der Waals surface area contributed by atoms with Gasteiger partial charge in [-0.05, 0) is 49.6 Å². The molecule has 4 unspecified atom stereocenters. The summed E-state index contributed by atoms with van der Waals surface area (Å²) in [6.45, 7) is 3.37. The summed E-state index contributed by atoms with van der Waals surface area (Å²) in [6.07, 6.45) is 6.55. The number of benzene rings is 1. The van der Waals surface area contributed by atoms with Crippen molar-refractivity contribution in [2.45, 2.75) is 57.4 Å². The van der Waals surface area contributed by atoms with E-state index in [4.69, 9.17) is 0 Å². The summed E-state index contributed by atoms with van der Waals surface area (Å²) in [6, 6.07) is 11.2. The second-order valence-electron chi connectivity index (χ2n) is 6.81. The Hall–Kier alpha value is -1.15. The third kappa shape index (κ3) is 3.37. The van der Waals surface area contributed by atoms with Crippen molar-refractivity contribution >= 4 is 5.78 Å². The second kappa shape index (κ2) is 6.74. The third-order valence-corrected chi connectivity index (χ3v) is 5.57. The van der Waals surface area contributed by atoms with Gasteiger partial charge in [0.05, 0.1) is 0 Å². The number of rotatable bonds is 3. The van der Waals surface area contributed by atoms with Gasteiger partial charge in [0.1, 0.15) is 5.78 Å². The van der Waals surface area contributed by atoms with E-state index in [9.17, 15) is 4.79 Å². The first-order valence-corrected chi connectivity index (χ1v) is 8.59. The molecule has 1 saturated carbocycles. The summed E-state index contributed by atoms with van der Waals surface area (Å²) in [5.74, 6) is 2.11. The quantitative estimate of drug-likeness (QED) is 0.912. The first kappa shape index (κ1) is 14.8. The third-order valence-electron chi connectivity index (χ3n) is 5.57. The van der Waals surface area contributed by atoms with Gasteiger partial charge < -0.3 is 5.32 Å². The van der Waals surface area contributed by atoms with E-state index in [0.29, 0.717) is 17.7 Å². The van der Waals surface area contributed by atoms with Crippen LogP contribution in [0.1, 0.15) is 56.9 Å². The molecule has 1 saturated heterocycles. The van der Waals surface area contributed by atoms with Crippen molar-refractivity contribution in [3.05, 3.63) is 35.9 Å². The van der Waals surface area contributed by atoms with Crippen LogP contribution in [0.5, 0.6) is 0 Å². The van der Waals surface area contributed by atoms with Crippen molar-refractivity contribution in [2.75, 3.05) is 6.54 Å². The molecule has 4 atom stereocenters. The average Bonchev–Trinajstić information content (AvgIpc) is 2.56. The summed E-state index contributed by atoms with van der Waals surface area (Å²) in [5.41, 5.74) is 1.41. The van der Waals surface area contributed by atoms with E-state index < -0.39 is 0 Å². The largest absolute Gasteiger partial charge is 0.313 e. The van der Waals surface area contributed by atoms with Crippen LogP contribution in [-0.2, 0) is 4.79 Å². The van der Waals surface area contributed by atoms with Crippen molar-refractivity contribution in [3.63, 3.8) is 0 Å². The molecule has 2 heteroatoms. The molecule has 114 valence electrons. The Labute approximate surface area is 128 Å². The van der Waals surface area contributed by atoms with Gasteiger partial charge >= 0.3 is 0 Å². The molecule has 0 amide bonds. The SMILES string of the molecule is CCC1CCNC(C2CC(c3ccccc3)CCC2=O)C1. The molecule has 2 nitrogen and oxygen atoms in total. The van der Waals surface area contributed by atoms with Crippen LogP contribution in [0.2, 0.25) is 0 Å². The Morgan fingerprint density at radius 3 is 2.71 bits per heavy atom. The Morgan fingerprint density at radius 1 is 1.14 bits per heavy atom. The number of hydrogen-bond acceptors (Lipinski definition) is 2. The number of hydrogen-bond donors (Lipinski definition) is 1. The summed E-state index contributed by atoms with van der Waals surface area (Å²) in [7, 11) is 0. The number of piperidine rings is 1. The second-order valence-corrected chi connectivity index (χ2v) is 6.81. The molecule has 1 N–H and O–H groups in total. The molecule has 1 aromatic carbocycles. The lowest BCUT2D eigenvalue weighted by Crippen LogP contribution is -2.47. The highest BCUT2D eigenvalue weighted by Crippen LogP contribution is 2.38. The maximum atomic E-state index is 12.4. The minimum absolute atomic E-state index is 0.235. The van der Waals surface area contributed by atoms with Gasteiger partial charge in [-0.3, -0.25) is 4.79 Å². The van der Waals surface area contributed by atoms with Crippen molar-refractivity contribution in [1.82, 2.24) is 5.32 Å². The van der Waals surface area contributed by atoms with Crippen LogP contribution in [0.15, 0.2) is 30.3 Å². The summed E-state index contributed by atoms with van der Waals surface area (Å²) in [4.78, 5) is 12.4. The van der Waals surface area contributed by atoms with E-state index in [-0.39, 0.29) is 5.92 Å². The number of carbonyl (C=O) groups excluding carboxylic acids is 1. The standard InChI is InChI=1S/C19H27NO/c1-2-14-10-11-20-18(12-14)17-13-16(8-9-19(17)21)15-6-4-3-5-7-15/h3-7,14,16-18,20H,2,8-13H2,1H3. The molecule has 1 heterocycles. The minimum Gasteiger partial charge on any atom is -0.313 e. The van der Waals surface area contributed by atoms with Gasteiger partial charge in [-0.25, -0.2) is 0 Å². The van der Waals surface area contributed by atoms with Gasteiger partial charge in [-0.1, -0.05) is 43.7 Å². The Morgan fingerprint density at radius 2 is 1.95 bits per heavy atom. The molecule has 21 heavy (non-hydrogen) atoms. The summed E-state index contributed by atoms with van der Waals surface area (Å²) < 4.78 is 0. The highest BCUT2D eigenvalue weighted by atomic mass is 16.1. The zero-order valence-electron chi connectivity index (χ0n) is 13.1. The van der Waals surface area contributed by atoms with E-state index in [2.05, 4.69) is 42.6 Å². The molecule has 0 aromatic heterocycles. The molecule has 0 bridgehead atoms. The first-order chi connectivity index (χ1) is 10.3. The maximum absolute atomic E-state index is 12.4. The van der Waals surface area contributed by atoms with Crippen molar-refractivity contribution in [3.8, 4) is 0 Å². The molecule has 3 rings (SSSR count). The summed E-state index contributed by atoms with van der Waals surface area (Å²) >= 11 is 0. The van der Waals surface area contributed by atoms with E-state index in [1.54, 1.807) is 0 Å². The summed E-state index contributed by atoms with van der Waals surface area (Å²) in [5, 5.41) is 3.63. The maximum Gasteiger partial charge on any atom is 0.137 e. The fraction of sp³-hybridized carbons (Fsp3) is 0.632. The van der Waals surface area contributed by atoms with Crippen LogP contribution < -0.4 is 5.32 Å². The number of carbonyl (C=O) groups is 1. The van der Waals surface area contributed by atoms with Gasteiger partial charge in [-0.2, -0.15) is 0 Å². The highest BCUT2D eigenvalue weighted by molar-refractivity contribution is 5.82. The monoisotopic (exact) mass is 285 g/mol. The van der Waals surface area contributed by atoms with Crippen LogP contribution >= 0.6 is 0 Å². The van der Waals surface area contributed by atoms with Crippen LogP contribution in [0, 0.1) is 11.8 Å². The molecule has 1 aliphatic carbocycles. The molecule has 1 aliphatic heterocycles. The molecule has 0 spiro atoms. The Balaban J connectivity index is 1.70. The van der Waals surface area contributed by atoms with Crippen LogP contribution in [0.25, 0.3) is 0 Å². The smallest absolute Gasteiger partial charge is 0.137 e. The van der Waals surface area contributed by atoms with Crippen molar-refractivity contribution in [1.29, 1.82) is 0 Å². The van der Waals surface area contributed by atoms with Crippen LogP contribution in [0.4, 0.5) is 0 Å². The normalized spacial score (nSPS) is 33.9. The van der Waals surface area contributed by atoms with E-state index in [1.807, 2.05) is 0 Å². The predicted octanol–water partition coefficient (Wildman–Crippen LogP) is 3.92. The molecular weight excluding hydrogens is 258 g/mol. The Kier molecular flexibility index (Phi) is 4.74. The lowest BCUT2D eigenvalue weighted by atomic mass is 9.71. The van der Waals surface area contributed by atoms with E-state index >= 15 is 0 Å². The molecule has 1 aromatic rings. The fourth-order valence-electron chi connectivity index (χ4n) is 4.18. The van der Waals surface area contributed by atoms with Gasteiger partial charge in [0.2, 0.25) is 0 Å². The Bertz CT molecular complexity index is 470. The lowest BCUT2D eigenvalue weighted by Gasteiger charge is -2.38. The highest BCUT2D eigenvalue weighted by Gasteiger charge is 2.36. The lowest BCUT2D eigenvalue weighted by molar-refractivity contribution is -0.126. The average molecular weight is 285 g/mol. The van der Waals surface area contributed by atoms with Gasteiger partial charge in [0.25, 0.3) is 0 Å². The topological polar surface area (TPSA) is 29.1 Å². The van der Waals surface area contributed by atoms with Gasteiger partial charge in [0.15, 0.2) is 0 Å². The number of Topliss-reactive ketones (excluding diaryl/α,β-unsaturated/α-hetero) is 1.